The molecule has 154 valence electrons. The zero-order chi connectivity index (χ0) is 21.1. The van der Waals surface area contributed by atoms with Crippen LogP contribution in [-0.2, 0) is 9.59 Å². The fourth-order valence-electron chi connectivity index (χ4n) is 3.41. The number of aromatic nitrogens is 1. The summed E-state index contributed by atoms with van der Waals surface area (Å²) < 4.78 is 10.6. The van der Waals surface area contributed by atoms with E-state index in [9.17, 15) is 9.59 Å². The van der Waals surface area contributed by atoms with E-state index in [1.807, 2.05) is 53.9 Å². The van der Waals surface area contributed by atoms with Gasteiger partial charge in [-0.15, -0.1) is 11.3 Å². The quantitative estimate of drug-likeness (QED) is 0.652. The number of ether oxygens (including phenoxy) is 2. The molecule has 1 aliphatic heterocycles. The third kappa shape index (κ3) is 3.99. The number of amides is 2. The summed E-state index contributed by atoms with van der Waals surface area (Å²) in [6.45, 7) is 0.364. The van der Waals surface area contributed by atoms with Crippen LogP contribution in [0.3, 0.4) is 0 Å². The SMILES string of the molecule is COc1ccc(-c2csc(NC(=O)[C@H]3CC(=O)N(c4ccccc4)C3)n2)cc1OC. The van der Waals surface area contributed by atoms with Crippen LogP contribution in [0.15, 0.2) is 53.9 Å². The van der Waals surface area contributed by atoms with Crippen molar-refractivity contribution in [2.45, 2.75) is 6.42 Å². The number of rotatable bonds is 6. The molecule has 30 heavy (non-hydrogen) atoms. The molecule has 1 atom stereocenters. The van der Waals surface area contributed by atoms with Crippen molar-refractivity contribution in [1.82, 2.24) is 4.98 Å². The maximum atomic E-state index is 12.7. The predicted octanol–water partition coefficient (Wildman–Crippen LogP) is 3.82. The van der Waals surface area contributed by atoms with Crippen molar-refractivity contribution < 1.29 is 19.1 Å². The number of carbonyl (C=O) groups excluding carboxylic acids is 2. The minimum Gasteiger partial charge on any atom is -0.493 e. The number of nitrogens with one attached hydrogen (secondary N) is 1. The van der Waals surface area contributed by atoms with Crippen LogP contribution in [0.2, 0.25) is 0 Å². The van der Waals surface area contributed by atoms with E-state index in [1.165, 1.54) is 11.3 Å². The van der Waals surface area contributed by atoms with Gasteiger partial charge in [0.15, 0.2) is 16.6 Å². The fraction of sp³-hybridized carbons (Fsp3) is 0.227. The molecule has 2 heterocycles. The number of methoxy groups -OCH3 is 2. The van der Waals surface area contributed by atoms with Crippen molar-refractivity contribution >= 4 is 34.0 Å². The molecule has 1 fully saturated rings. The highest BCUT2D eigenvalue weighted by Crippen LogP contribution is 2.34. The van der Waals surface area contributed by atoms with E-state index in [0.717, 1.165) is 16.9 Å². The topological polar surface area (TPSA) is 80.8 Å². The van der Waals surface area contributed by atoms with Gasteiger partial charge in [-0.05, 0) is 30.3 Å². The number of thiazole rings is 1. The molecular formula is C22H21N3O4S. The summed E-state index contributed by atoms with van der Waals surface area (Å²) in [6, 6.07) is 14.9. The molecule has 1 N–H and O–H groups in total. The van der Waals surface area contributed by atoms with Crippen molar-refractivity contribution in [2.75, 3.05) is 31.0 Å². The zero-order valence-electron chi connectivity index (χ0n) is 16.6. The Balaban J connectivity index is 1.44. The largest absolute Gasteiger partial charge is 0.493 e. The summed E-state index contributed by atoms with van der Waals surface area (Å²) in [5, 5.41) is 5.22. The summed E-state index contributed by atoms with van der Waals surface area (Å²) in [4.78, 5) is 31.2. The number of benzene rings is 2. The minimum absolute atomic E-state index is 0.0495. The molecule has 1 aromatic heterocycles. The van der Waals surface area contributed by atoms with Gasteiger partial charge in [0.25, 0.3) is 0 Å². The Morgan fingerprint density at radius 1 is 1.13 bits per heavy atom. The van der Waals surface area contributed by atoms with Crippen LogP contribution >= 0.6 is 11.3 Å². The van der Waals surface area contributed by atoms with E-state index in [1.54, 1.807) is 19.1 Å². The molecule has 0 saturated carbocycles. The highest BCUT2D eigenvalue weighted by molar-refractivity contribution is 7.14. The molecule has 7 nitrogen and oxygen atoms in total. The van der Waals surface area contributed by atoms with Crippen molar-refractivity contribution in [3.05, 3.63) is 53.9 Å². The first-order valence-corrected chi connectivity index (χ1v) is 10.3. The lowest BCUT2D eigenvalue weighted by Gasteiger charge is -2.16. The maximum absolute atomic E-state index is 12.7. The lowest BCUT2D eigenvalue weighted by molar-refractivity contribution is -0.122. The first-order chi connectivity index (χ1) is 14.6. The second kappa shape index (κ2) is 8.54. The molecule has 8 heteroatoms. The highest BCUT2D eigenvalue weighted by atomic mass is 32.1. The zero-order valence-corrected chi connectivity index (χ0v) is 17.4. The fourth-order valence-corrected chi connectivity index (χ4v) is 4.13. The normalized spacial score (nSPS) is 15.9. The standard InChI is InChI=1S/C22H21N3O4S/c1-28-18-9-8-14(10-19(18)29-2)17-13-30-22(23-17)24-21(27)15-11-20(26)25(12-15)16-6-4-3-5-7-16/h3-10,13,15H,11-12H2,1-2H3,(H,23,24,27)/t15-/m0/s1. The van der Waals surface area contributed by atoms with Crippen LogP contribution in [0, 0.1) is 5.92 Å². The Morgan fingerprint density at radius 3 is 2.63 bits per heavy atom. The average Bonchev–Trinajstić information content (AvgIpc) is 3.40. The number of carbonyl (C=O) groups is 2. The van der Waals surface area contributed by atoms with Crippen molar-refractivity contribution in [1.29, 1.82) is 0 Å². The molecule has 4 rings (SSSR count). The Morgan fingerprint density at radius 2 is 1.90 bits per heavy atom. The van der Waals surface area contributed by atoms with Gasteiger partial charge >= 0.3 is 0 Å². The van der Waals surface area contributed by atoms with E-state index in [2.05, 4.69) is 10.3 Å². The van der Waals surface area contributed by atoms with Gasteiger partial charge in [0.05, 0.1) is 25.8 Å². The third-order valence-corrected chi connectivity index (χ3v) is 5.74. The van der Waals surface area contributed by atoms with Gasteiger partial charge in [0.2, 0.25) is 11.8 Å². The van der Waals surface area contributed by atoms with Crippen molar-refractivity contribution in [2.24, 2.45) is 5.92 Å². The van der Waals surface area contributed by atoms with Crippen molar-refractivity contribution in [3.63, 3.8) is 0 Å². The van der Waals surface area contributed by atoms with Gasteiger partial charge in [0.1, 0.15) is 0 Å². The second-order valence-electron chi connectivity index (χ2n) is 6.84. The molecule has 0 unspecified atom stereocenters. The summed E-state index contributed by atoms with van der Waals surface area (Å²) in [5.74, 6) is 0.588. The average molecular weight is 423 g/mol. The Labute approximate surface area is 178 Å². The first kappa shape index (κ1) is 19.9. The number of nitrogens with zero attached hydrogens (tertiary/aromatic N) is 2. The van der Waals surface area contributed by atoms with Gasteiger partial charge in [-0.1, -0.05) is 18.2 Å². The Hall–Kier alpha value is -3.39. The summed E-state index contributed by atoms with van der Waals surface area (Å²) in [5.41, 5.74) is 2.39. The molecule has 1 aliphatic rings. The molecule has 1 saturated heterocycles. The van der Waals surface area contributed by atoms with Gasteiger partial charge in [-0.2, -0.15) is 0 Å². The van der Waals surface area contributed by atoms with E-state index < -0.39 is 5.92 Å². The number of hydrogen-bond acceptors (Lipinski definition) is 6. The highest BCUT2D eigenvalue weighted by Gasteiger charge is 2.35. The summed E-state index contributed by atoms with van der Waals surface area (Å²) >= 11 is 1.34. The molecule has 2 amide bonds. The summed E-state index contributed by atoms with van der Waals surface area (Å²) in [6.07, 6.45) is 0.189. The molecule has 0 spiro atoms. The van der Waals surface area contributed by atoms with Crippen LogP contribution in [0.4, 0.5) is 10.8 Å². The second-order valence-corrected chi connectivity index (χ2v) is 7.70. The van der Waals surface area contributed by atoms with Crippen LogP contribution in [0.25, 0.3) is 11.3 Å². The van der Waals surface area contributed by atoms with E-state index in [0.29, 0.717) is 23.2 Å². The number of para-hydroxylation sites is 1. The van der Waals surface area contributed by atoms with E-state index in [4.69, 9.17) is 9.47 Å². The van der Waals surface area contributed by atoms with Gasteiger partial charge in [0, 0.05) is 29.6 Å². The smallest absolute Gasteiger partial charge is 0.231 e. The van der Waals surface area contributed by atoms with Gasteiger partial charge in [-0.3, -0.25) is 9.59 Å². The maximum Gasteiger partial charge on any atom is 0.231 e. The lowest BCUT2D eigenvalue weighted by Crippen LogP contribution is -2.28. The molecule has 0 bridgehead atoms. The number of anilines is 2. The molecule has 0 aliphatic carbocycles. The number of hydrogen-bond donors (Lipinski definition) is 1. The van der Waals surface area contributed by atoms with Crippen LogP contribution in [0.5, 0.6) is 11.5 Å². The van der Waals surface area contributed by atoms with Crippen molar-refractivity contribution in [3.8, 4) is 22.8 Å². The molecule has 0 radical (unpaired) electrons. The van der Waals surface area contributed by atoms with Crippen LogP contribution in [-0.4, -0.2) is 37.6 Å². The van der Waals surface area contributed by atoms with Gasteiger partial charge in [-0.25, -0.2) is 4.98 Å². The molecule has 3 aromatic rings. The third-order valence-electron chi connectivity index (χ3n) is 4.98. The monoisotopic (exact) mass is 423 g/mol. The molecular weight excluding hydrogens is 402 g/mol. The van der Waals surface area contributed by atoms with E-state index in [-0.39, 0.29) is 18.2 Å². The minimum atomic E-state index is -0.411. The Kier molecular flexibility index (Phi) is 5.67. The molecule has 2 aromatic carbocycles. The summed E-state index contributed by atoms with van der Waals surface area (Å²) in [7, 11) is 3.16. The van der Waals surface area contributed by atoms with Crippen LogP contribution in [0.1, 0.15) is 6.42 Å². The lowest BCUT2D eigenvalue weighted by atomic mass is 10.1. The van der Waals surface area contributed by atoms with Gasteiger partial charge < -0.3 is 19.7 Å². The van der Waals surface area contributed by atoms with E-state index >= 15 is 0 Å². The predicted molar refractivity (Wildman–Crippen MR) is 116 cm³/mol. The van der Waals surface area contributed by atoms with Crippen LogP contribution < -0.4 is 19.7 Å². The Bertz CT molecular complexity index is 1070. The first-order valence-electron chi connectivity index (χ1n) is 9.43.